The quantitative estimate of drug-likeness (QED) is 0.290. The van der Waals surface area contributed by atoms with E-state index in [2.05, 4.69) is 10.3 Å². The lowest BCUT2D eigenvalue weighted by atomic mass is 9.90. The highest BCUT2D eigenvalue weighted by molar-refractivity contribution is 6.24. The molecule has 0 fully saturated rings. The number of methoxy groups -OCH3 is 1. The second-order valence-corrected chi connectivity index (χ2v) is 6.85. The smallest absolute Gasteiger partial charge is 0.337 e. The number of benzene rings is 3. The number of hydrogen-bond acceptors (Lipinski definition) is 6. The van der Waals surface area contributed by atoms with Gasteiger partial charge >= 0.3 is 5.97 Å². The number of hydrogen-bond donors (Lipinski definition) is 1. The molecule has 1 atom stereocenters. The molecule has 3 aromatic carbocycles. The molecule has 0 saturated carbocycles. The first kappa shape index (κ1) is 20.0. The molecule has 4 rings (SSSR count). The molecule has 8 heteroatoms. The summed E-state index contributed by atoms with van der Waals surface area (Å²) in [5, 5.41) is 13.7. The second-order valence-electron chi connectivity index (χ2n) is 6.85. The molecule has 1 N–H and O–H groups in total. The van der Waals surface area contributed by atoms with Crippen molar-refractivity contribution in [2.75, 3.05) is 12.4 Å². The summed E-state index contributed by atoms with van der Waals surface area (Å²) >= 11 is 0. The van der Waals surface area contributed by atoms with Crippen molar-refractivity contribution in [1.82, 2.24) is 0 Å². The van der Waals surface area contributed by atoms with E-state index in [1.807, 2.05) is 30.3 Å². The van der Waals surface area contributed by atoms with Crippen LogP contribution in [0.4, 0.5) is 17.1 Å². The first-order chi connectivity index (χ1) is 15.0. The van der Waals surface area contributed by atoms with Gasteiger partial charge in [0.15, 0.2) is 0 Å². The van der Waals surface area contributed by atoms with E-state index in [-0.39, 0.29) is 11.6 Å². The number of non-ortho nitro benzene ring substituents is 1. The van der Waals surface area contributed by atoms with Crippen LogP contribution in [-0.2, 0) is 9.53 Å². The van der Waals surface area contributed by atoms with E-state index in [0.717, 1.165) is 5.56 Å². The van der Waals surface area contributed by atoms with Crippen LogP contribution in [0, 0.1) is 10.1 Å². The molecule has 0 spiro atoms. The first-order valence-corrected chi connectivity index (χ1v) is 9.39. The summed E-state index contributed by atoms with van der Waals surface area (Å²) in [6.45, 7) is 0. The Hall–Kier alpha value is -4.33. The standard InChI is InChI=1S/C23H17N3O5/c1-31-23(28)15-7-12-18-19(13-15)25-22(27)20(18)21(14-5-3-2-4-6-14)24-16-8-10-17(11-9-16)26(29)30/h2-13,20H,1H3,(H,25,27). The molecule has 1 unspecified atom stereocenters. The number of carbonyl (C=O) groups excluding carboxylic acids is 2. The predicted molar refractivity (Wildman–Crippen MR) is 115 cm³/mol. The van der Waals surface area contributed by atoms with Crippen LogP contribution in [0.5, 0.6) is 0 Å². The number of rotatable bonds is 5. The van der Waals surface area contributed by atoms with Crippen molar-refractivity contribution >= 4 is 34.7 Å². The van der Waals surface area contributed by atoms with Crippen molar-refractivity contribution in [3.8, 4) is 0 Å². The summed E-state index contributed by atoms with van der Waals surface area (Å²) in [6, 6.07) is 19.9. The summed E-state index contributed by atoms with van der Waals surface area (Å²) < 4.78 is 4.75. The van der Waals surface area contributed by atoms with Crippen LogP contribution < -0.4 is 5.32 Å². The lowest BCUT2D eigenvalue weighted by molar-refractivity contribution is -0.384. The van der Waals surface area contributed by atoms with Gasteiger partial charge in [0, 0.05) is 17.8 Å². The Balaban J connectivity index is 1.81. The Bertz CT molecular complexity index is 1200. The fraction of sp³-hybridized carbons (Fsp3) is 0.0870. The number of nitrogens with zero attached hydrogens (tertiary/aromatic N) is 2. The van der Waals surface area contributed by atoms with Crippen molar-refractivity contribution in [2.24, 2.45) is 4.99 Å². The molecule has 0 aromatic heterocycles. The van der Waals surface area contributed by atoms with Crippen LogP contribution in [0.25, 0.3) is 0 Å². The van der Waals surface area contributed by atoms with Gasteiger partial charge in [-0.25, -0.2) is 4.79 Å². The van der Waals surface area contributed by atoms with Crippen molar-refractivity contribution in [1.29, 1.82) is 0 Å². The average molecular weight is 415 g/mol. The maximum absolute atomic E-state index is 12.9. The molecular formula is C23H17N3O5. The molecule has 0 aliphatic carbocycles. The van der Waals surface area contributed by atoms with Crippen molar-refractivity contribution in [3.63, 3.8) is 0 Å². The zero-order chi connectivity index (χ0) is 22.0. The zero-order valence-electron chi connectivity index (χ0n) is 16.4. The minimum Gasteiger partial charge on any atom is -0.465 e. The van der Waals surface area contributed by atoms with Gasteiger partial charge in [-0.2, -0.15) is 0 Å². The number of nitro groups is 1. The number of esters is 1. The Morgan fingerprint density at radius 2 is 1.74 bits per heavy atom. The monoisotopic (exact) mass is 415 g/mol. The second kappa shape index (κ2) is 8.19. The molecule has 0 bridgehead atoms. The Labute approximate surface area is 177 Å². The summed E-state index contributed by atoms with van der Waals surface area (Å²) in [5.41, 5.74) is 3.21. The molecule has 154 valence electrons. The summed E-state index contributed by atoms with van der Waals surface area (Å²) in [7, 11) is 1.29. The number of amides is 1. The van der Waals surface area contributed by atoms with Gasteiger partial charge < -0.3 is 10.1 Å². The van der Waals surface area contributed by atoms with Gasteiger partial charge in [-0.15, -0.1) is 0 Å². The number of ether oxygens (including phenoxy) is 1. The SMILES string of the molecule is COC(=O)c1ccc2c(c1)NC(=O)C2C(=Nc1ccc([N+](=O)[O-])cc1)c1ccccc1. The highest BCUT2D eigenvalue weighted by Crippen LogP contribution is 2.37. The van der Waals surface area contributed by atoms with E-state index in [9.17, 15) is 19.7 Å². The van der Waals surface area contributed by atoms with E-state index in [1.165, 1.54) is 31.4 Å². The third kappa shape index (κ3) is 3.91. The van der Waals surface area contributed by atoms with Gasteiger partial charge in [0.2, 0.25) is 5.91 Å². The van der Waals surface area contributed by atoms with E-state index in [0.29, 0.717) is 28.2 Å². The predicted octanol–water partition coefficient (Wildman–Crippen LogP) is 4.24. The van der Waals surface area contributed by atoms with Crippen molar-refractivity contribution < 1.29 is 19.2 Å². The summed E-state index contributed by atoms with van der Waals surface area (Å²) in [6.07, 6.45) is 0. The molecule has 0 saturated heterocycles. The maximum Gasteiger partial charge on any atom is 0.337 e. The number of carbonyl (C=O) groups is 2. The minimum absolute atomic E-state index is 0.0421. The Morgan fingerprint density at radius 3 is 2.39 bits per heavy atom. The van der Waals surface area contributed by atoms with E-state index >= 15 is 0 Å². The maximum atomic E-state index is 12.9. The van der Waals surface area contributed by atoms with E-state index in [1.54, 1.807) is 18.2 Å². The number of fused-ring (bicyclic) bond motifs is 1. The summed E-state index contributed by atoms with van der Waals surface area (Å²) in [5.74, 6) is -1.48. The Morgan fingerprint density at radius 1 is 1.03 bits per heavy atom. The molecule has 31 heavy (non-hydrogen) atoms. The van der Waals surface area contributed by atoms with Crippen molar-refractivity contribution in [3.05, 3.63) is 99.6 Å². The minimum atomic E-state index is -0.709. The number of nitro benzene ring substituents is 1. The molecule has 0 radical (unpaired) electrons. The topological polar surface area (TPSA) is 111 Å². The largest absolute Gasteiger partial charge is 0.465 e. The van der Waals surface area contributed by atoms with Crippen LogP contribution in [0.1, 0.15) is 27.4 Å². The number of anilines is 1. The van der Waals surface area contributed by atoms with Gasteiger partial charge in [-0.1, -0.05) is 36.4 Å². The normalized spacial score (nSPS) is 15.2. The van der Waals surface area contributed by atoms with Gasteiger partial charge in [0.1, 0.15) is 5.92 Å². The third-order valence-corrected chi connectivity index (χ3v) is 4.96. The van der Waals surface area contributed by atoms with Crippen LogP contribution in [0.3, 0.4) is 0 Å². The molecule has 1 amide bonds. The van der Waals surface area contributed by atoms with E-state index < -0.39 is 16.8 Å². The van der Waals surface area contributed by atoms with E-state index in [4.69, 9.17) is 4.74 Å². The number of aliphatic imine (C=N–C) groups is 1. The Kier molecular flexibility index (Phi) is 5.28. The van der Waals surface area contributed by atoms with Crippen LogP contribution in [0.2, 0.25) is 0 Å². The lowest BCUT2D eigenvalue weighted by Crippen LogP contribution is -2.21. The van der Waals surface area contributed by atoms with Gasteiger partial charge in [0.25, 0.3) is 5.69 Å². The molecule has 8 nitrogen and oxygen atoms in total. The van der Waals surface area contributed by atoms with Crippen LogP contribution in [0.15, 0.2) is 77.8 Å². The first-order valence-electron chi connectivity index (χ1n) is 9.39. The van der Waals surface area contributed by atoms with Crippen LogP contribution in [-0.4, -0.2) is 29.6 Å². The highest BCUT2D eigenvalue weighted by atomic mass is 16.6. The highest BCUT2D eigenvalue weighted by Gasteiger charge is 2.36. The van der Waals surface area contributed by atoms with Gasteiger partial charge in [-0.05, 0) is 35.4 Å². The number of nitrogens with one attached hydrogen (secondary N) is 1. The van der Waals surface area contributed by atoms with Crippen LogP contribution >= 0.6 is 0 Å². The summed E-state index contributed by atoms with van der Waals surface area (Å²) in [4.78, 5) is 39.9. The van der Waals surface area contributed by atoms with Crippen molar-refractivity contribution in [2.45, 2.75) is 5.92 Å². The molecule has 1 aliphatic heterocycles. The lowest BCUT2D eigenvalue weighted by Gasteiger charge is -2.14. The zero-order valence-corrected chi connectivity index (χ0v) is 16.4. The fourth-order valence-electron chi connectivity index (χ4n) is 3.47. The molecular weight excluding hydrogens is 398 g/mol. The molecule has 1 aliphatic rings. The fourth-order valence-corrected chi connectivity index (χ4v) is 3.47. The third-order valence-electron chi connectivity index (χ3n) is 4.96. The van der Waals surface area contributed by atoms with Gasteiger partial charge in [-0.3, -0.25) is 19.9 Å². The van der Waals surface area contributed by atoms with Gasteiger partial charge in [0.05, 0.1) is 29.0 Å². The average Bonchev–Trinajstić information content (AvgIpc) is 3.12. The molecule has 3 aromatic rings. The molecule has 1 heterocycles.